The van der Waals surface area contributed by atoms with E-state index in [1.54, 1.807) is 5.48 Å². The highest BCUT2D eigenvalue weighted by Crippen LogP contribution is 2.60. The summed E-state index contributed by atoms with van der Waals surface area (Å²) in [6.07, 6.45) is -1.71. The van der Waals surface area contributed by atoms with E-state index >= 15 is 0 Å². The van der Waals surface area contributed by atoms with Crippen LogP contribution in [0.15, 0.2) is 42.7 Å². The van der Waals surface area contributed by atoms with E-state index in [0.717, 1.165) is 10.2 Å². The third-order valence-corrected chi connectivity index (χ3v) is 4.00. The van der Waals surface area contributed by atoms with Crippen molar-refractivity contribution in [2.24, 2.45) is 5.92 Å². The van der Waals surface area contributed by atoms with E-state index in [0.29, 0.717) is 5.56 Å². The Morgan fingerprint density at radius 2 is 1.87 bits per heavy atom. The lowest BCUT2D eigenvalue weighted by Crippen LogP contribution is -2.21. The van der Waals surface area contributed by atoms with Crippen LogP contribution in [0.1, 0.15) is 23.0 Å². The van der Waals surface area contributed by atoms with E-state index in [9.17, 15) is 18.0 Å². The molecule has 2 aromatic rings. The Morgan fingerprint density at radius 1 is 1.22 bits per heavy atom. The maximum atomic E-state index is 12.4. The molecule has 0 bridgehead atoms. The summed E-state index contributed by atoms with van der Waals surface area (Å²) in [5.74, 6) is -1.56. The molecule has 3 rings (SSSR count). The van der Waals surface area contributed by atoms with Crippen molar-refractivity contribution in [2.75, 3.05) is 0 Å². The van der Waals surface area contributed by atoms with E-state index in [4.69, 9.17) is 5.21 Å². The van der Waals surface area contributed by atoms with Gasteiger partial charge in [-0.2, -0.15) is 18.3 Å². The molecule has 1 saturated carbocycles. The fourth-order valence-electron chi connectivity index (χ4n) is 3.04. The monoisotopic (exact) mass is 325 g/mol. The highest BCUT2D eigenvalue weighted by molar-refractivity contribution is 5.84. The minimum atomic E-state index is -4.35. The number of alkyl halides is 3. The van der Waals surface area contributed by atoms with Crippen LogP contribution in [0.5, 0.6) is 0 Å². The van der Waals surface area contributed by atoms with Crippen molar-refractivity contribution < 1.29 is 23.2 Å². The first-order valence-electron chi connectivity index (χ1n) is 6.98. The second-order valence-corrected chi connectivity index (χ2v) is 5.55. The fourth-order valence-corrected chi connectivity index (χ4v) is 3.04. The molecule has 1 fully saturated rings. The van der Waals surface area contributed by atoms with Crippen LogP contribution in [-0.4, -0.2) is 27.1 Å². The summed E-state index contributed by atoms with van der Waals surface area (Å²) in [6.45, 7) is -1.17. The summed E-state index contributed by atoms with van der Waals surface area (Å²) in [5.41, 5.74) is 3.08. The molecule has 1 amide bonds. The van der Waals surface area contributed by atoms with Crippen LogP contribution < -0.4 is 5.48 Å². The first-order valence-corrected chi connectivity index (χ1v) is 6.98. The van der Waals surface area contributed by atoms with Crippen molar-refractivity contribution in [1.82, 2.24) is 15.3 Å². The summed E-state index contributed by atoms with van der Waals surface area (Å²) >= 11 is 0. The summed E-state index contributed by atoms with van der Waals surface area (Å²) < 4.78 is 38.0. The first kappa shape index (κ1) is 15.5. The van der Waals surface area contributed by atoms with Gasteiger partial charge in [-0.1, -0.05) is 30.3 Å². The van der Waals surface area contributed by atoms with Gasteiger partial charge in [-0.15, -0.1) is 0 Å². The molecule has 1 aromatic carbocycles. The molecule has 5 nitrogen and oxygen atoms in total. The molecule has 122 valence electrons. The van der Waals surface area contributed by atoms with Crippen LogP contribution >= 0.6 is 0 Å². The number of nitrogens with zero attached hydrogens (tertiary/aromatic N) is 2. The van der Waals surface area contributed by atoms with Gasteiger partial charge in [0.25, 0.3) is 0 Å². The zero-order chi connectivity index (χ0) is 16.6. The quantitative estimate of drug-likeness (QED) is 0.670. The molecule has 1 aliphatic carbocycles. The predicted octanol–water partition coefficient (Wildman–Crippen LogP) is 2.45. The van der Waals surface area contributed by atoms with Gasteiger partial charge < -0.3 is 0 Å². The average Bonchev–Trinajstić information content (AvgIpc) is 3.10. The number of hydrogen-bond acceptors (Lipinski definition) is 3. The van der Waals surface area contributed by atoms with E-state index in [1.165, 1.54) is 12.4 Å². The third-order valence-electron chi connectivity index (χ3n) is 4.00. The van der Waals surface area contributed by atoms with Gasteiger partial charge in [0.1, 0.15) is 6.54 Å². The molecule has 23 heavy (non-hydrogen) atoms. The van der Waals surface area contributed by atoms with E-state index in [-0.39, 0.29) is 11.8 Å². The molecule has 0 radical (unpaired) electrons. The number of carbonyl (C=O) groups is 1. The lowest BCUT2D eigenvalue weighted by Gasteiger charge is -2.05. The Bertz CT molecular complexity index is 699. The summed E-state index contributed by atoms with van der Waals surface area (Å²) in [7, 11) is 0. The minimum absolute atomic E-state index is 0.188. The van der Waals surface area contributed by atoms with Crippen molar-refractivity contribution in [3.63, 3.8) is 0 Å². The molecule has 1 aliphatic rings. The molecular weight excluding hydrogens is 311 g/mol. The van der Waals surface area contributed by atoms with Crippen molar-refractivity contribution >= 4 is 5.91 Å². The summed E-state index contributed by atoms with van der Waals surface area (Å²) in [6, 6.07) is 9.19. The second kappa shape index (κ2) is 5.69. The van der Waals surface area contributed by atoms with Gasteiger partial charge >= 0.3 is 6.18 Å². The number of rotatable bonds is 4. The van der Waals surface area contributed by atoms with Gasteiger partial charge in [0.2, 0.25) is 5.91 Å². The van der Waals surface area contributed by atoms with Crippen LogP contribution in [0.3, 0.4) is 0 Å². The Morgan fingerprint density at radius 3 is 2.48 bits per heavy atom. The highest BCUT2D eigenvalue weighted by Gasteiger charge is 2.56. The van der Waals surface area contributed by atoms with Crippen molar-refractivity contribution in [1.29, 1.82) is 0 Å². The maximum Gasteiger partial charge on any atom is 0.408 e. The number of halogens is 3. The molecule has 8 heteroatoms. The fraction of sp³-hybridized carbons (Fsp3) is 0.333. The molecule has 2 N–H and O–H groups in total. The van der Waals surface area contributed by atoms with Crippen LogP contribution in [0.25, 0.3) is 0 Å². The number of hydroxylamine groups is 1. The lowest BCUT2D eigenvalue weighted by molar-refractivity contribution is -0.142. The van der Waals surface area contributed by atoms with Gasteiger partial charge in [-0.3, -0.25) is 14.7 Å². The summed E-state index contributed by atoms with van der Waals surface area (Å²) in [5, 5.41) is 12.6. The van der Waals surface area contributed by atoms with Crippen LogP contribution in [-0.2, 0) is 11.3 Å². The molecule has 3 atom stereocenters. The zero-order valence-electron chi connectivity index (χ0n) is 11.9. The maximum absolute atomic E-state index is 12.4. The zero-order valence-corrected chi connectivity index (χ0v) is 11.9. The Balaban J connectivity index is 1.84. The topological polar surface area (TPSA) is 67.2 Å². The Labute approximate surface area is 129 Å². The average molecular weight is 325 g/mol. The SMILES string of the molecule is O=C(NO)C1C(c2ccccc2)C1c1cnn(CC(F)(F)F)c1. The standard InChI is InChI=1S/C15H14F3N3O2/c16-15(17,18)8-21-7-10(6-19-21)12-11(13(12)14(22)20-23)9-4-2-1-3-5-9/h1-7,11-13,23H,8H2,(H,20,22). The van der Waals surface area contributed by atoms with Gasteiger partial charge in [-0.25, -0.2) is 5.48 Å². The molecular formula is C15H14F3N3O2. The largest absolute Gasteiger partial charge is 0.408 e. The van der Waals surface area contributed by atoms with Crippen molar-refractivity contribution in [3.8, 4) is 0 Å². The molecule has 0 saturated heterocycles. The highest BCUT2D eigenvalue weighted by atomic mass is 19.4. The van der Waals surface area contributed by atoms with Gasteiger partial charge in [-0.05, 0) is 11.1 Å². The number of carbonyl (C=O) groups excluding carboxylic acids is 1. The third kappa shape index (κ3) is 3.21. The Hall–Kier alpha value is -2.35. The van der Waals surface area contributed by atoms with E-state index in [1.807, 2.05) is 30.3 Å². The first-order chi connectivity index (χ1) is 10.9. The molecule has 0 spiro atoms. The number of hydrogen-bond donors (Lipinski definition) is 2. The van der Waals surface area contributed by atoms with Crippen LogP contribution in [0.4, 0.5) is 13.2 Å². The Kier molecular flexibility index (Phi) is 3.85. The number of benzene rings is 1. The number of amides is 1. The summed E-state index contributed by atoms with van der Waals surface area (Å²) in [4.78, 5) is 11.8. The minimum Gasteiger partial charge on any atom is -0.289 e. The van der Waals surface area contributed by atoms with Gasteiger partial charge in [0.15, 0.2) is 0 Å². The second-order valence-electron chi connectivity index (χ2n) is 5.55. The molecule has 3 unspecified atom stereocenters. The number of aromatic nitrogens is 2. The van der Waals surface area contributed by atoms with Gasteiger partial charge in [0.05, 0.1) is 12.1 Å². The van der Waals surface area contributed by atoms with Gasteiger partial charge in [0, 0.05) is 18.0 Å². The van der Waals surface area contributed by atoms with E-state index < -0.39 is 24.5 Å². The predicted molar refractivity (Wildman–Crippen MR) is 73.6 cm³/mol. The van der Waals surface area contributed by atoms with Crippen LogP contribution in [0, 0.1) is 5.92 Å². The molecule has 1 aromatic heterocycles. The van der Waals surface area contributed by atoms with Crippen molar-refractivity contribution in [2.45, 2.75) is 24.6 Å². The van der Waals surface area contributed by atoms with Crippen molar-refractivity contribution in [3.05, 3.63) is 53.9 Å². The molecule has 0 aliphatic heterocycles. The van der Waals surface area contributed by atoms with E-state index in [2.05, 4.69) is 5.10 Å². The molecule has 1 heterocycles. The lowest BCUT2D eigenvalue weighted by atomic mass is 10.1. The normalized spacial score (nSPS) is 23.6. The van der Waals surface area contributed by atoms with Crippen LogP contribution in [0.2, 0.25) is 0 Å². The number of nitrogens with one attached hydrogen (secondary N) is 1. The smallest absolute Gasteiger partial charge is 0.289 e.